The highest BCUT2D eigenvalue weighted by molar-refractivity contribution is 5.84. The zero-order valence-electron chi connectivity index (χ0n) is 12.2. The number of nitrogens with one attached hydrogen (secondary N) is 1. The lowest BCUT2D eigenvalue weighted by molar-refractivity contribution is 0.988. The molecule has 1 N–H and O–H groups in total. The van der Waals surface area contributed by atoms with Crippen LogP contribution in [0.25, 0.3) is 10.9 Å². The van der Waals surface area contributed by atoms with E-state index >= 15 is 0 Å². The molecule has 0 saturated carbocycles. The highest BCUT2D eigenvalue weighted by atomic mass is 14.7. The molecule has 4 rings (SSSR count). The number of para-hydroxylation sites is 1. The van der Waals surface area contributed by atoms with Crippen LogP contribution in [-0.2, 0) is 0 Å². The summed E-state index contributed by atoms with van der Waals surface area (Å²) in [6.07, 6.45) is 2.15. The molecule has 22 heavy (non-hydrogen) atoms. The maximum Gasteiger partial charge on any atom is 0.0457 e. The van der Waals surface area contributed by atoms with E-state index in [9.17, 15) is 0 Å². The first-order valence-corrected chi connectivity index (χ1v) is 7.59. The lowest BCUT2D eigenvalue weighted by Crippen LogP contribution is -2.02. The van der Waals surface area contributed by atoms with Crippen molar-refractivity contribution in [3.05, 3.63) is 108 Å². The summed E-state index contributed by atoms with van der Waals surface area (Å²) >= 11 is 0. The quantitative estimate of drug-likeness (QED) is 0.522. The summed E-state index contributed by atoms with van der Waals surface area (Å²) in [4.78, 5) is 3.41. The van der Waals surface area contributed by atoms with Crippen molar-refractivity contribution >= 4 is 10.9 Å². The lowest BCUT2D eigenvalue weighted by atomic mass is 9.85. The number of H-pyrrole nitrogens is 1. The van der Waals surface area contributed by atoms with Crippen molar-refractivity contribution in [3.8, 4) is 0 Å². The highest BCUT2D eigenvalue weighted by Gasteiger charge is 2.19. The smallest absolute Gasteiger partial charge is 0.0457 e. The van der Waals surface area contributed by atoms with Crippen molar-refractivity contribution < 1.29 is 0 Å². The summed E-state index contributed by atoms with van der Waals surface area (Å²) in [6.45, 7) is 0. The Bertz CT molecular complexity index is 836. The van der Waals surface area contributed by atoms with Gasteiger partial charge in [-0.3, -0.25) is 0 Å². The molecule has 0 radical (unpaired) electrons. The molecule has 0 bridgehead atoms. The van der Waals surface area contributed by atoms with Gasteiger partial charge in [0.2, 0.25) is 0 Å². The molecule has 1 heterocycles. The molecule has 4 aromatic rings. The first-order valence-electron chi connectivity index (χ1n) is 7.59. The van der Waals surface area contributed by atoms with Crippen LogP contribution in [0.3, 0.4) is 0 Å². The maximum absolute atomic E-state index is 3.41. The molecule has 0 aliphatic rings. The van der Waals surface area contributed by atoms with E-state index in [0.717, 1.165) is 0 Å². The molecule has 0 amide bonds. The molecule has 0 saturated heterocycles. The minimum absolute atomic E-state index is 0.249. The van der Waals surface area contributed by atoms with Gasteiger partial charge in [-0.1, -0.05) is 78.9 Å². The fourth-order valence-corrected chi connectivity index (χ4v) is 3.18. The minimum Gasteiger partial charge on any atom is -0.361 e. The normalized spacial score (nSPS) is 11.1. The zero-order valence-corrected chi connectivity index (χ0v) is 12.2. The number of aromatic nitrogens is 1. The van der Waals surface area contributed by atoms with E-state index in [1.807, 2.05) is 0 Å². The van der Waals surface area contributed by atoms with Gasteiger partial charge in [-0.25, -0.2) is 0 Å². The van der Waals surface area contributed by atoms with E-state index in [1.165, 1.54) is 27.6 Å². The molecule has 0 aliphatic carbocycles. The Morgan fingerprint density at radius 3 is 1.77 bits per heavy atom. The minimum atomic E-state index is 0.249. The maximum atomic E-state index is 3.41. The molecular weight excluding hydrogens is 266 g/mol. The van der Waals surface area contributed by atoms with Crippen LogP contribution in [0, 0.1) is 0 Å². The van der Waals surface area contributed by atoms with E-state index in [1.54, 1.807) is 0 Å². The lowest BCUT2D eigenvalue weighted by Gasteiger charge is -2.18. The van der Waals surface area contributed by atoms with Gasteiger partial charge in [0.1, 0.15) is 0 Å². The van der Waals surface area contributed by atoms with Gasteiger partial charge >= 0.3 is 0 Å². The molecule has 0 spiro atoms. The Morgan fingerprint density at radius 2 is 1.14 bits per heavy atom. The number of fused-ring (bicyclic) bond motifs is 1. The second-order valence-electron chi connectivity index (χ2n) is 5.54. The largest absolute Gasteiger partial charge is 0.361 e. The van der Waals surface area contributed by atoms with Gasteiger partial charge in [-0.2, -0.15) is 0 Å². The molecule has 1 nitrogen and oxygen atoms in total. The van der Waals surface area contributed by atoms with E-state index < -0.39 is 0 Å². The average molecular weight is 283 g/mol. The van der Waals surface area contributed by atoms with E-state index in [0.29, 0.717) is 0 Å². The zero-order chi connectivity index (χ0) is 14.8. The Kier molecular flexibility index (Phi) is 3.24. The van der Waals surface area contributed by atoms with Gasteiger partial charge in [0.25, 0.3) is 0 Å². The van der Waals surface area contributed by atoms with Crippen molar-refractivity contribution in [1.82, 2.24) is 4.98 Å². The van der Waals surface area contributed by atoms with E-state index in [-0.39, 0.29) is 5.92 Å². The topological polar surface area (TPSA) is 15.8 Å². The van der Waals surface area contributed by atoms with Crippen LogP contribution in [0.5, 0.6) is 0 Å². The van der Waals surface area contributed by atoms with Crippen LogP contribution in [0.4, 0.5) is 0 Å². The fourth-order valence-electron chi connectivity index (χ4n) is 3.18. The fraction of sp³-hybridized carbons (Fsp3) is 0.0476. The summed E-state index contributed by atoms with van der Waals surface area (Å²) in [7, 11) is 0. The van der Waals surface area contributed by atoms with Gasteiger partial charge in [0.05, 0.1) is 0 Å². The molecule has 0 unspecified atom stereocenters. The van der Waals surface area contributed by atoms with Crippen molar-refractivity contribution in [2.75, 3.05) is 0 Å². The molecule has 1 heteroatoms. The number of benzene rings is 3. The number of rotatable bonds is 3. The molecule has 0 fully saturated rings. The first-order chi connectivity index (χ1) is 10.9. The van der Waals surface area contributed by atoms with Gasteiger partial charge in [-0.15, -0.1) is 0 Å². The van der Waals surface area contributed by atoms with Crippen LogP contribution in [0.1, 0.15) is 22.6 Å². The van der Waals surface area contributed by atoms with Crippen molar-refractivity contribution in [1.29, 1.82) is 0 Å². The summed E-state index contributed by atoms with van der Waals surface area (Å²) in [5, 5.41) is 1.29. The van der Waals surface area contributed by atoms with Gasteiger partial charge in [0.15, 0.2) is 0 Å². The number of aromatic amines is 1. The predicted molar refractivity (Wildman–Crippen MR) is 92.1 cm³/mol. The van der Waals surface area contributed by atoms with Gasteiger partial charge in [0, 0.05) is 23.0 Å². The molecular formula is C21H17N. The van der Waals surface area contributed by atoms with Crippen LogP contribution < -0.4 is 0 Å². The van der Waals surface area contributed by atoms with Crippen molar-refractivity contribution in [2.24, 2.45) is 0 Å². The molecule has 1 aromatic heterocycles. The Morgan fingerprint density at radius 1 is 0.591 bits per heavy atom. The molecule has 3 aromatic carbocycles. The second-order valence-corrected chi connectivity index (χ2v) is 5.54. The number of hydrogen-bond donors (Lipinski definition) is 1. The molecule has 0 atom stereocenters. The van der Waals surface area contributed by atoms with Crippen LogP contribution in [0.2, 0.25) is 0 Å². The standard InChI is InChI=1S/C21H17N/c1-3-9-16(10-4-1)21(17-11-5-2-6-12-17)19-15-22-20-14-8-7-13-18(19)20/h1-15,21-22H. The Balaban J connectivity index is 1.95. The summed E-state index contributed by atoms with van der Waals surface area (Å²) < 4.78 is 0. The Labute approximate surface area is 130 Å². The molecule has 0 aliphatic heterocycles. The van der Waals surface area contributed by atoms with E-state index in [2.05, 4.69) is 96.1 Å². The third kappa shape index (κ3) is 2.21. The van der Waals surface area contributed by atoms with Gasteiger partial charge < -0.3 is 4.98 Å². The summed E-state index contributed by atoms with van der Waals surface area (Å²) in [6, 6.07) is 29.9. The van der Waals surface area contributed by atoms with Crippen molar-refractivity contribution in [2.45, 2.75) is 5.92 Å². The van der Waals surface area contributed by atoms with Crippen LogP contribution in [0.15, 0.2) is 91.1 Å². The number of hydrogen-bond acceptors (Lipinski definition) is 0. The monoisotopic (exact) mass is 283 g/mol. The van der Waals surface area contributed by atoms with Crippen LogP contribution >= 0.6 is 0 Å². The first kappa shape index (κ1) is 12.9. The van der Waals surface area contributed by atoms with Crippen molar-refractivity contribution in [3.63, 3.8) is 0 Å². The average Bonchev–Trinajstić information content (AvgIpc) is 3.01. The van der Waals surface area contributed by atoms with Crippen LogP contribution in [-0.4, -0.2) is 4.98 Å². The van der Waals surface area contributed by atoms with Gasteiger partial charge in [-0.05, 0) is 22.8 Å². The summed E-state index contributed by atoms with van der Waals surface area (Å²) in [5.41, 5.74) is 5.15. The SMILES string of the molecule is c1ccc(C(c2ccccc2)c2c[nH]c3ccccc23)cc1. The third-order valence-corrected chi connectivity index (χ3v) is 4.20. The summed E-state index contributed by atoms with van der Waals surface area (Å²) in [5.74, 6) is 0.249. The van der Waals surface area contributed by atoms with E-state index in [4.69, 9.17) is 0 Å². The highest BCUT2D eigenvalue weighted by Crippen LogP contribution is 2.35. The third-order valence-electron chi connectivity index (χ3n) is 4.20. The molecule has 106 valence electrons. The predicted octanol–water partition coefficient (Wildman–Crippen LogP) is 5.35. The Hall–Kier alpha value is -2.80. The second kappa shape index (κ2) is 5.53.